The molecule has 1 aromatic heterocycles. The highest BCUT2D eigenvalue weighted by Crippen LogP contribution is 2.38. The van der Waals surface area contributed by atoms with E-state index in [1.54, 1.807) is 13.4 Å². The lowest BCUT2D eigenvalue weighted by Gasteiger charge is -2.13. The van der Waals surface area contributed by atoms with Crippen molar-refractivity contribution in [3.63, 3.8) is 0 Å². The molecule has 0 radical (unpaired) electrons. The summed E-state index contributed by atoms with van der Waals surface area (Å²) in [6.45, 7) is 2.58. The molecule has 1 aromatic carbocycles. The number of methoxy groups -OCH3 is 1. The van der Waals surface area contributed by atoms with Gasteiger partial charge in [-0.3, -0.25) is 0 Å². The van der Waals surface area contributed by atoms with Crippen molar-refractivity contribution in [2.45, 2.75) is 12.8 Å². The van der Waals surface area contributed by atoms with Gasteiger partial charge in [0.25, 0.3) is 0 Å². The van der Waals surface area contributed by atoms with Crippen LogP contribution >= 0.6 is 11.6 Å². The van der Waals surface area contributed by atoms with Gasteiger partial charge in [-0.15, -0.1) is 0 Å². The number of rotatable bonds is 3. The van der Waals surface area contributed by atoms with E-state index in [0.717, 1.165) is 10.9 Å². The number of nitrogens with two attached hydrogens (primary N) is 1. The van der Waals surface area contributed by atoms with E-state index in [1.807, 2.05) is 19.1 Å². The molecule has 2 N–H and O–H groups in total. The van der Waals surface area contributed by atoms with Crippen LogP contribution in [-0.2, 0) is 0 Å². The Balaban J connectivity index is 2.70. The fourth-order valence-electron chi connectivity index (χ4n) is 1.74. The molecule has 86 valence electrons. The van der Waals surface area contributed by atoms with Crippen molar-refractivity contribution < 1.29 is 9.15 Å². The Labute approximate surface area is 99.1 Å². The molecular weight excluding hydrogens is 226 g/mol. The number of hydrogen-bond donors (Lipinski definition) is 1. The molecule has 0 saturated heterocycles. The number of ether oxygens (including phenoxy) is 1. The highest BCUT2D eigenvalue weighted by atomic mass is 35.5. The molecule has 1 atom stereocenters. The summed E-state index contributed by atoms with van der Waals surface area (Å²) in [6, 6.07) is 3.73. The molecular formula is C12H14ClNO2. The topological polar surface area (TPSA) is 48.4 Å². The lowest BCUT2D eigenvalue weighted by atomic mass is 9.99. The number of hydrogen-bond acceptors (Lipinski definition) is 3. The molecule has 0 aliphatic heterocycles. The third-order valence-corrected chi connectivity index (χ3v) is 3.19. The number of fused-ring (bicyclic) bond motifs is 1. The Morgan fingerprint density at radius 3 is 2.94 bits per heavy atom. The first-order valence-electron chi connectivity index (χ1n) is 5.12. The van der Waals surface area contributed by atoms with Crippen LogP contribution in [0.2, 0.25) is 5.02 Å². The first kappa shape index (κ1) is 11.3. The van der Waals surface area contributed by atoms with Crippen molar-refractivity contribution in [2.24, 2.45) is 5.73 Å². The summed E-state index contributed by atoms with van der Waals surface area (Å²) in [4.78, 5) is 0. The average Bonchev–Trinajstić information content (AvgIpc) is 2.78. The van der Waals surface area contributed by atoms with E-state index in [1.165, 1.54) is 0 Å². The molecule has 0 saturated carbocycles. The maximum absolute atomic E-state index is 6.31. The predicted octanol–water partition coefficient (Wildman–Crippen LogP) is 3.16. The van der Waals surface area contributed by atoms with Crippen LogP contribution in [0.25, 0.3) is 11.0 Å². The van der Waals surface area contributed by atoms with Crippen molar-refractivity contribution in [1.82, 2.24) is 0 Å². The second-order valence-electron chi connectivity index (χ2n) is 3.78. The molecule has 0 spiro atoms. The molecule has 2 aromatic rings. The summed E-state index contributed by atoms with van der Waals surface area (Å²) >= 11 is 6.31. The van der Waals surface area contributed by atoms with E-state index < -0.39 is 0 Å². The van der Waals surface area contributed by atoms with Gasteiger partial charge in [0, 0.05) is 5.39 Å². The van der Waals surface area contributed by atoms with Crippen molar-refractivity contribution in [2.75, 3.05) is 13.7 Å². The highest BCUT2D eigenvalue weighted by molar-refractivity contribution is 6.36. The van der Waals surface area contributed by atoms with Crippen molar-refractivity contribution in [3.05, 3.63) is 29.0 Å². The van der Waals surface area contributed by atoms with Gasteiger partial charge in [0.1, 0.15) is 0 Å². The first-order valence-corrected chi connectivity index (χ1v) is 5.50. The molecule has 0 bridgehead atoms. The minimum Gasteiger partial charge on any atom is -0.493 e. The summed E-state index contributed by atoms with van der Waals surface area (Å²) in [5.41, 5.74) is 7.34. The van der Waals surface area contributed by atoms with E-state index >= 15 is 0 Å². The van der Waals surface area contributed by atoms with E-state index in [0.29, 0.717) is 22.9 Å². The maximum Gasteiger partial charge on any atom is 0.177 e. The molecule has 4 heteroatoms. The van der Waals surface area contributed by atoms with E-state index in [4.69, 9.17) is 26.5 Å². The standard InChI is InChI=1S/C12H14ClNO2/c1-7(6-14)9-5-10(15-2)12-8(11(9)13)3-4-16-12/h3-5,7H,6,14H2,1-2H3. The van der Waals surface area contributed by atoms with Gasteiger partial charge in [-0.1, -0.05) is 18.5 Å². The largest absolute Gasteiger partial charge is 0.493 e. The van der Waals surface area contributed by atoms with Gasteiger partial charge in [-0.2, -0.15) is 0 Å². The third-order valence-electron chi connectivity index (χ3n) is 2.77. The van der Waals surface area contributed by atoms with Crippen LogP contribution in [0.4, 0.5) is 0 Å². The number of benzene rings is 1. The summed E-state index contributed by atoms with van der Waals surface area (Å²) in [6.07, 6.45) is 1.61. The molecule has 0 aliphatic carbocycles. The second-order valence-corrected chi connectivity index (χ2v) is 4.16. The predicted molar refractivity (Wildman–Crippen MR) is 65.2 cm³/mol. The first-order chi connectivity index (χ1) is 7.69. The minimum atomic E-state index is 0.195. The van der Waals surface area contributed by atoms with Gasteiger partial charge in [0.05, 0.1) is 18.4 Å². The monoisotopic (exact) mass is 239 g/mol. The summed E-state index contributed by atoms with van der Waals surface area (Å²) in [5.74, 6) is 0.889. The quantitative estimate of drug-likeness (QED) is 0.895. The van der Waals surface area contributed by atoms with Crippen LogP contribution in [0.5, 0.6) is 5.75 Å². The van der Waals surface area contributed by atoms with E-state index in [2.05, 4.69) is 0 Å². The van der Waals surface area contributed by atoms with Crippen molar-refractivity contribution in [1.29, 1.82) is 0 Å². The normalized spacial score (nSPS) is 13.0. The van der Waals surface area contributed by atoms with Crippen LogP contribution in [0.1, 0.15) is 18.4 Å². The lowest BCUT2D eigenvalue weighted by molar-refractivity contribution is 0.409. The van der Waals surface area contributed by atoms with Crippen molar-refractivity contribution >= 4 is 22.6 Å². The van der Waals surface area contributed by atoms with E-state index in [9.17, 15) is 0 Å². The zero-order valence-corrected chi connectivity index (χ0v) is 10.0. The number of furan rings is 1. The molecule has 2 rings (SSSR count). The highest BCUT2D eigenvalue weighted by Gasteiger charge is 2.16. The molecule has 0 amide bonds. The summed E-state index contributed by atoms with van der Waals surface area (Å²) in [7, 11) is 1.61. The van der Waals surface area contributed by atoms with Crippen molar-refractivity contribution in [3.8, 4) is 5.75 Å². The lowest BCUT2D eigenvalue weighted by Crippen LogP contribution is -2.09. The second kappa shape index (κ2) is 4.36. The fourth-order valence-corrected chi connectivity index (χ4v) is 2.13. The molecule has 1 unspecified atom stereocenters. The molecule has 16 heavy (non-hydrogen) atoms. The Morgan fingerprint density at radius 2 is 2.31 bits per heavy atom. The van der Waals surface area contributed by atoms with Crippen LogP contribution in [0, 0.1) is 0 Å². The zero-order chi connectivity index (χ0) is 11.7. The fraction of sp³-hybridized carbons (Fsp3) is 0.333. The Kier molecular flexibility index (Phi) is 3.08. The van der Waals surface area contributed by atoms with Gasteiger partial charge in [0.15, 0.2) is 11.3 Å². The molecule has 1 heterocycles. The molecule has 0 aliphatic rings. The molecule has 3 nitrogen and oxygen atoms in total. The van der Waals surface area contributed by atoms with Gasteiger partial charge in [-0.05, 0) is 30.2 Å². The molecule has 0 fully saturated rings. The SMILES string of the molecule is COc1cc(C(C)CN)c(Cl)c2ccoc12. The Hall–Kier alpha value is -1.19. The Bertz CT molecular complexity index is 507. The van der Waals surface area contributed by atoms with Crippen LogP contribution in [-0.4, -0.2) is 13.7 Å². The van der Waals surface area contributed by atoms with Gasteiger partial charge in [-0.25, -0.2) is 0 Å². The number of halogens is 1. The van der Waals surface area contributed by atoms with Crippen LogP contribution in [0.3, 0.4) is 0 Å². The average molecular weight is 240 g/mol. The summed E-state index contributed by atoms with van der Waals surface area (Å²) in [5, 5.41) is 1.57. The third kappa shape index (κ3) is 1.66. The maximum atomic E-state index is 6.31. The van der Waals surface area contributed by atoms with Gasteiger partial charge in [0.2, 0.25) is 0 Å². The van der Waals surface area contributed by atoms with Crippen LogP contribution in [0.15, 0.2) is 22.8 Å². The van der Waals surface area contributed by atoms with E-state index in [-0.39, 0.29) is 5.92 Å². The minimum absolute atomic E-state index is 0.195. The van der Waals surface area contributed by atoms with Gasteiger partial charge >= 0.3 is 0 Å². The Morgan fingerprint density at radius 1 is 1.56 bits per heavy atom. The summed E-state index contributed by atoms with van der Waals surface area (Å²) < 4.78 is 10.6. The smallest absolute Gasteiger partial charge is 0.177 e. The van der Waals surface area contributed by atoms with Crippen LogP contribution < -0.4 is 10.5 Å². The van der Waals surface area contributed by atoms with Gasteiger partial charge < -0.3 is 14.9 Å². The zero-order valence-electron chi connectivity index (χ0n) is 9.29.